The predicted molar refractivity (Wildman–Crippen MR) is 230 cm³/mol. The number of nitriles is 1. The Labute approximate surface area is 351 Å². The number of carbonyl (C=O) groups excluding carboxylic acids is 1. The number of benzene rings is 3. The minimum Gasteiger partial charge on any atom is -0.477 e. The summed E-state index contributed by atoms with van der Waals surface area (Å²) >= 11 is 0. The van der Waals surface area contributed by atoms with Gasteiger partial charge in [-0.3, -0.25) is 4.68 Å². The van der Waals surface area contributed by atoms with Crippen LogP contribution in [0.2, 0.25) is 0 Å². The zero-order chi connectivity index (χ0) is 41.6. The summed E-state index contributed by atoms with van der Waals surface area (Å²) in [4.78, 5) is 26.1. The highest BCUT2D eigenvalue weighted by molar-refractivity contribution is 5.96. The molecule has 2 fully saturated rings. The number of pyridine rings is 2. The highest BCUT2D eigenvalue weighted by Gasteiger charge is 2.38. The summed E-state index contributed by atoms with van der Waals surface area (Å²) in [5.74, 6) is 1.46. The lowest BCUT2D eigenvalue weighted by atomic mass is 9.91. The van der Waals surface area contributed by atoms with Crippen molar-refractivity contribution in [2.45, 2.75) is 58.3 Å². The number of fused-ring (bicyclic) bond motifs is 1. The lowest BCUT2D eigenvalue weighted by Gasteiger charge is -2.33. The minimum absolute atomic E-state index is 0.129. The molecule has 1 amide bonds. The molecule has 2 aliphatic rings. The number of ether oxygens (including phenoxy) is 4. The van der Waals surface area contributed by atoms with Crippen LogP contribution in [0.4, 0.5) is 10.5 Å². The van der Waals surface area contributed by atoms with E-state index in [0.717, 1.165) is 70.5 Å². The van der Waals surface area contributed by atoms with Crippen molar-refractivity contribution in [3.63, 3.8) is 0 Å². The molecule has 8 rings (SSSR count). The number of carbonyl (C=O) groups is 1. The fraction of sp³-hybridized carbons (Fsp3) is 0.354. The van der Waals surface area contributed by atoms with Crippen molar-refractivity contribution in [2.75, 3.05) is 37.7 Å². The van der Waals surface area contributed by atoms with Gasteiger partial charge in [0.05, 0.1) is 29.7 Å². The molecule has 12 nitrogen and oxygen atoms in total. The maximum absolute atomic E-state index is 12.7. The zero-order valence-corrected chi connectivity index (χ0v) is 34.7. The first-order valence-electron chi connectivity index (χ1n) is 20.6. The maximum Gasteiger partial charge on any atom is 0.410 e. The first-order valence-corrected chi connectivity index (χ1v) is 20.6. The van der Waals surface area contributed by atoms with Crippen molar-refractivity contribution in [2.24, 2.45) is 18.9 Å². The molecule has 0 aliphatic carbocycles. The molecule has 0 bridgehead atoms. The van der Waals surface area contributed by atoms with Gasteiger partial charge in [0.15, 0.2) is 0 Å². The van der Waals surface area contributed by atoms with Crippen LogP contribution in [0.1, 0.15) is 56.2 Å². The highest BCUT2D eigenvalue weighted by atomic mass is 16.6. The number of aryl methyl sites for hydroxylation is 1. The molecule has 0 radical (unpaired) electrons. The molecule has 6 aromatic rings. The molecular weight excluding hydrogens is 755 g/mol. The van der Waals surface area contributed by atoms with Gasteiger partial charge in [-0.25, -0.2) is 9.78 Å². The molecule has 0 unspecified atom stereocenters. The van der Waals surface area contributed by atoms with Crippen LogP contribution in [0.3, 0.4) is 0 Å². The van der Waals surface area contributed by atoms with E-state index in [1.165, 1.54) is 0 Å². The van der Waals surface area contributed by atoms with Gasteiger partial charge >= 0.3 is 6.09 Å². The van der Waals surface area contributed by atoms with Crippen LogP contribution >= 0.6 is 0 Å². The molecule has 60 heavy (non-hydrogen) atoms. The molecule has 2 aliphatic heterocycles. The Morgan fingerprint density at radius 3 is 2.20 bits per heavy atom. The smallest absolute Gasteiger partial charge is 0.410 e. The minimum atomic E-state index is -0.593. The molecule has 308 valence electrons. The molecule has 2 saturated heterocycles. The van der Waals surface area contributed by atoms with Gasteiger partial charge in [0, 0.05) is 68.5 Å². The van der Waals surface area contributed by atoms with Crippen LogP contribution in [0.25, 0.3) is 22.2 Å². The van der Waals surface area contributed by atoms with E-state index in [2.05, 4.69) is 34.2 Å². The third-order valence-electron chi connectivity index (χ3n) is 11.1. The van der Waals surface area contributed by atoms with E-state index in [9.17, 15) is 10.1 Å². The van der Waals surface area contributed by atoms with Gasteiger partial charge in [-0.05, 0) is 80.5 Å². The molecule has 0 saturated carbocycles. The summed E-state index contributed by atoms with van der Waals surface area (Å²) in [7, 11) is 1.98. The monoisotopic (exact) mass is 805 g/mol. The van der Waals surface area contributed by atoms with Crippen molar-refractivity contribution >= 4 is 22.7 Å². The lowest BCUT2D eigenvalue weighted by Crippen LogP contribution is -2.35. The Hall–Kier alpha value is -6.61. The second-order valence-electron chi connectivity index (χ2n) is 16.6. The van der Waals surface area contributed by atoms with E-state index in [-0.39, 0.29) is 11.8 Å². The van der Waals surface area contributed by atoms with Crippen LogP contribution in [0.5, 0.6) is 17.6 Å². The third-order valence-corrected chi connectivity index (χ3v) is 11.1. The quantitative estimate of drug-likeness (QED) is 0.118. The molecule has 3 aromatic heterocycles. The summed E-state index contributed by atoms with van der Waals surface area (Å²) in [6.45, 7) is 9.46. The van der Waals surface area contributed by atoms with Gasteiger partial charge in [-0.2, -0.15) is 15.3 Å². The van der Waals surface area contributed by atoms with Crippen molar-refractivity contribution in [1.82, 2.24) is 24.6 Å². The Balaban J connectivity index is 0.892. The van der Waals surface area contributed by atoms with Crippen LogP contribution in [0, 0.1) is 23.2 Å². The van der Waals surface area contributed by atoms with E-state index < -0.39 is 11.7 Å². The maximum atomic E-state index is 12.7. The van der Waals surface area contributed by atoms with Gasteiger partial charge in [0.1, 0.15) is 24.5 Å². The van der Waals surface area contributed by atoms with E-state index in [1.807, 2.05) is 117 Å². The Bertz CT molecular complexity index is 2440. The molecular formula is C48H51N7O5. The van der Waals surface area contributed by atoms with Crippen LogP contribution in [-0.2, 0) is 25.0 Å². The molecule has 5 heterocycles. The van der Waals surface area contributed by atoms with Crippen LogP contribution in [0.15, 0.2) is 109 Å². The number of hydrogen-bond donors (Lipinski definition) is 0. The average molecular weight is 806 g/mol. The van der Waals surface area contributed by atoms with Crippen LogP contribution in [-0.4, -0.2) is 69.1 Å². The standard InChI is InChI=1S/C48H51N7O5/c1-48(2,3)60-47(56)55-28-37(26-49)41(29-55)36-15-19-43(50-27-36)57-31-35-21-23-54(24-22-35)38-16-17-39-42(25-38)53(4)52-45(39)40-18-20-44(58-30-33-11-7-5-8-12-33)51-46(40)59-32-34-13-9-6-10-14-34/h5-20,25,27,35,37,41H,21-24,28-32H2,1-4H3/t37-,41+/m1/s1. The van der Waals surface area contributed by atoms with Gasteiger partial charge in [-0.15, -0.1) is 0 Å². The second kappa shape index (κ2) is 17.7. The topological polar surface area (TPSA) is 128 Å². The number of hydrogen-bond acceptors (Lipinski definition) is 10. The normalized spacial score (nSPS) is 17.1. The SMILES string of the molecule is Cn1nc(-c2ccc(OCc3ccccc3)nc2OCc2ccccc2)c2ccc(N3CCC(COc4ccc([C@@H]5CN(C(=O)OC(C)(C)C)C[C@H]5C#N)cn4)CC3)cc21. The largest absolute Gasteiger partial charge is 0.477 e. The zero-order valence-electron chi connectivity index (χ0n) is 34.7. The Kier molecular flexibility index (Phi) is 11.9. The van der Waals surface area contributed by atoms with Gasteiger partial charge in [0.25, 0.3) is 0 Å². The Morgan fingerprint density at radius 1 is 0.833 bits per heavy atom. The fourth-order valence-electron chi connectivity index (χ4n) is 7.90. The van der Waals surface area contributed by atoms with E-state index in [1.54, 1.807) is 11.1 Å². The molecule has 12 heteroatoms. The van der Waals surface area contributed by atoms with Gasteiger partial charge in [0.2, 0.25) is 17.6 Å². The summed E-state index contributed by atoms with van der Waals surface area (Å²) < 4.78 is 26.1. The average Bonchev–Trinajstić information content (AvgIpc) is 3.86. The predicted octanol–water partition coefficient (Wildman–Crippen LogP) is 8.96. The van der Waals surface area contributed by atoms with Crippen molar-refractivity contribution in [1.29, 1.82) is 5.26 Å². The fourth-order valence-corrected chi connectivity index (χ4v) is 7.90. The second-order valence-corrected chi connectivity index (χ2v) is 16.6. The van der Waals surface area contributed by atoms with E-state index in [0.29, 0.717) is 56.5 Å². The number of piperidine rings is 1. The summed E-state index contributed by atoms with van der Waals surface area (Å²) in [5.41, 5.74) is 6.22. The van der Waals surface area contributed by atoms with E-state index in [4.69, 9.17) is 29.0 Å². The number of nitrogens with zero attached hydrogens (tertiary/aromatic N) is 7. The van der Waals surface area contributed by atoms with E-state index >= 15 is 0 Å². The molecule has 3 aromatic carbocycles. The number of aromatic nitrogens is 4. The van der Waals surface area contributed by atoms with Crippen molar-refractivity contribution in [3.8, 4) is 35.0 Å². The first-order chi connectivity index (χ1) is 29.1. The molecule has 2 atom stereocenters. The number of likely N-dealkylation sites (tertiary alicyclic amines) is 1. The van der Waals surface area contributed by atoms with Gasteiger partial charge in [-0.1, -0.05) is 66.7 Å². The molecule has 0 spiro atoms. The van der Waals surface area contributed by atoms with Crippen LogP contribution < -0.4 is 19.1 Å². The number of amides is 1. The number of anilines is 1. The lowest BCUT2D eigenvalue weighted by molar-refractivity contribution is 0.0289. The van der Waals surface area contributed by atoms with Gasteiger partial charge < -0.3 is 28.7 Å². The summed E-state index contributed by atoms with van der Waals surface area (Å²) in [6, 6.07) is 36.7. The van der Waals surface area contributed by atoms with Crippen molar-refractivity contribution in [3.05, 3.63) is 126 Å². The summed E-state index contributed by atoms with van der Waals surface area (Å²) in [6.07, 6.45) is 3.37. The third kappa shape index (κ3) is 9.47. The Morgan fingerprint density at radius 2 is 1.53 bits per heavy atom. The summed E-state index contributed by atoms with van der Waals surface area (Å²) in [5, 5.41) is 15.8. The number of rotatable bonds is 12. The molecule has 0 N–H and O–H groups in total. The van der Waals surface area contributed by atoms with Crippen molar-refractivity contribution < 1.29 is 23.7 Å². The highest BCUT2D eigenvalue weighted by Crippen LogP contribution is 2.38. The first kappa shape index (κ1) is 40.2.